The van der Waals surface area contributed by atoms with Crippen molar-refractivity contribution in [3.8, 4) is 0 Å². The Morgan fingerprint density at radius 1 is 1.36 bits per heavy atom. The Morgan fingerprint density at radius 2 is 2.07 bits per heavy atom. The Bertz CT molecular complexity index is 229. The van der Waals surface area contributed by atoms with E-state index in [1.54, 1.807) is 0 Å². The molecule has 0 amide bonds. The molecule has 0 spiro atoms. The number of hydrogen-bond donors (Lipinski definition) is 1. The zero-order chi connectivity index (χ0) is 10.2. The molecule has 1 N–H and O–H groups in total. The average molecular weight is 193 g/mol. The van der Waals surface area contributed by atoms with Crippen LogP contribution in [-0.4, -0.2) is 12.1 Å². The Kier molecular flexibility index (Phi) is 2.70. The van der Waals surface area contributed by atoms with Gasteiger partial charge in [0.05, 0.1) is 0 Å². The molecule has 1 heteroatoms. The van der Waals surface area contributed by atoms with Gasteiger partial charge in [-0.3, -0.25) is 0 Å². The Labute approximate surface area is 88.0 Å². The van der Waals surface area contributed by atoms with Crippen LogP contribution in [0, 0.1) is 11.3 Å². The van der Waals surface area contributed by atoms with Gasteiger partial charge >= 0.3 is 0 Å². The third-order valence-electron chi connectivity index (χ3n) is 3.96. The van der Waals surface area contributed by atoms with E-state index < -0.39 is 0 Å². The van der Waals surface area contributed by atoms with E-state index in [0.29, 0.717) is 11.5 Å². The van der Waals surface area contributed by atoms with E-state index in [0.717, 1.165) is 12.0 Å². The Morgan fingerprint density at radius 3 is 2.57 bits per heavy atom. The molecule has 2 aliphatic rings. The second kappa shape index (κ2) is 3.69. The summed E-state index contributed by atoms with van der Waals surface area (Å²) in [6.45, 7) is 7.13. The van der Waals surface area contributed by atoms with Crippen LogP contribution < -0.4 is 5.32 Å². The van der Waals surface area contributed by atoms with Gasteiger partial charge in [0.1, 0.15) is 0 Å². The van der Waals surface area contributed by atoms with Gasteiger partial charge in [0.2, 0.25) is 0 Å². The van der Waals surface area contributed by atoms with Crippen molar-refractivity contribution < 1.29 is 0 Å². The fourth-order valence-corrected chi connectivity index (χ4v) is 2.79. The van der Waals surface area contributed by atoms with Gasteiger partial charge in [0.25, 0.3) is 0 Å². The van der Waals surface area contributed by atoms with Crippen LogP contribution in [0.4, 0.5) is 0 Å². The van der Waals surface area contributed by atoms with Crippen molar-refractivity contribution in [2.45, 2.75) is 58.5 Å². The van der Waals surface area contributed by atoms with Gasteiger partial charge in [-0.05, 0) is 43.9 Å². The highest BCUT2D eigenvalue weighted by molar-refractivity contribution is 5.02. The van der Waals surface area contributed by atoms with Gasteiger partial charge in [-0.25, -0.2) is 0 Å². The van der Waals surface area contributed by atoms with Crippen LogP contribution in [-0.2, 0) is 0 Å². The predicted molar refractivity (Wildman–Crippen MR) is 61.3 cm³/mol. The van der Waals surface area contributed by atoms with E-state index in [1.807, 2.05) is 0 Å². The molecule has 3 unspecified atom stereocenters. The van der Waals surface area contributed by atoms with Gasteiger partial charge in [-0.15, -0.1) is 0 Å². The van der Waals surface area contributed by atoms with E-state index in [-0.39, 0.29) is 0 Å². The number of nitrogens with one attached hydrogen (secondary N) is 1. The van der Waals surface area contributed by atoms with E-state index in [1.165, 1.54) is 25.7 Å². The first-order valence-corrected chi connectivity index (χ1v) is 6.00. The standard InChI is InChI=1S/C13H23N/c1-10(12-9-13(12,2)3)14-11-7-5-4-6-8-11/h4-5,10-12,14H,6-9H2,1-3H3. The molecule has 14 heavy (non-hydrogen) atoms. The number of allylic oxidation sites excluding steroid dienone is 1. The predicted octanol–water partition coefficient (Wildman–Crippen LogP) is 3.12. The van der Waals surface area contributed by atoms with Crippen LogP contribution >= 0.6 is 0 Å². The molecule has 1 fully saturated rings. The quantitative estimate of drug-likeness (QED) is 0.679. The summed E-state index contributed by atoms with van der Waals surface area (Å²) in [4.78, 5) is 0. The molecule has 0 aromatic heterocycles. The molecule has 0 aromatic rings. The molecule has 1 nitrogen and oxygen atoms in total. The van der Waals surface area contributed by atoms with Gasteiger partial charge in [-0.1, -0.05) is 26.0 Å². The SMILES string of the molecule is CC(NC1CC=CCC1)C1CC1(C)C. The highest BCUT2D eigenvalue weighted by Crippen LogP contribution is 2.53. The average Bonchev–Trinajstić information content (AvgIpc) is 2.77. The molecule has 80 valence electrons. The van der Waals surface area contributed by atoms with Crippen molar-refractivity contribution in [1.29, 1.82) is 0 Å². The molecule has 0 radical (unpaired) electrons. The molecule has 2 aliphatic carbocycles. The third kappa shape index (κ3) is 2.20. The van der Waals surface area contributed by atoms with E-state index in [9.17, 15) is 0 Å². The highest BCUT2D eigenvalue weighted by Gasteiger charge is 2.48. The Hall–Kier alpha value is -0.300. The smallest absolute Gasteiger partial charge is 0.0107 e. The van der Waals surface area contributed by atoms with Crippen molar-refractivity contribution in [3.05, 3.63) is 12.2 Å². The maximum Gasteiger partial charge on any atom is 0.0107 e. The lowest BCUT2D eigenvalue weighted by atomic mass is 9.99. The Balaban J connectivity index is 1.77. The summed E-state index contributed by atoms with van der Waals surface area (Å²) in [5.74, 6) is 0.911. The van der Waals surface area contributed by atoms with Crippen LogP contribution in [0.2, 0.25) is 0 Å². The van der Waals surface area contributed by atoms with Gasteiger partial charge in [0, 0.05) is 12.1 Å². The monoisotopic (exact) mass is 193 g/mol. The second-order valence-electron chi connectivity index (χ2n) is 5.74. The molecule has 1 saturated carbocycles. The van der Waals surface area contributed by atoms with Crippen LogP contribution in [0.25, 0.3) is 0 Å². The summed E-state index contributed by atoms with van der Waals surface area (Å²) >= 11 is 0. The van der Waals surface area contributed by atoms with Crippen molar-refractivity contribution in [2.75, 3.05) is 0 Å². The molecular weight excluding hydrogens is 170 g/mol. The van der Waals surface area contributed by atoms with Gasteiger partial charge in [-0.2, -0.15) is 0 Å². The number of hydrogen-bond acceptors (Lipinski definition) is 1. The summed E-state index contributed by atoms with van der Waals surface area (Å²) in [6, 6.07) is 1.45. The minimum Gasteiger partial charge on any atom is -0.311 e. The van der Waals surface area contributed by atoms with E-state index >= 15 is 0 Å². The normalized spacial score (nSPS) is 36.8. The summed E-state index contributed by atoms with van der Waals surface area (Å²) in [5.41, 5.74) is 0.608. The maximum absolute atomic E-state index is 3.79. The summed E-state index contributed by atoms with van der Waals surface area (Å²) < 4.78 is 0. The van der Waals surface area contributed by atoms with E-state index in [4.69, 9.17) is 0 Å². The minimum absolute atomic E-state index is 0.608. The van der Waals surface area contributed by atoms with Crippen molar-refractivity contribution >= 4 is 0 Å². The van der Waals surface area contributed by atoms with Crippen LogP contribution in [0.15, 0.2) is 12.2 Å². The fourth-order valence-electron chi connectivity index (χ4n) is 2.79. The largest absolute Gasteiger partial charge is 0.311 e. The van der Waals surface area contributed by atoms with Crippen molar-refractivity contribution in [1.82, 2.24) is 5.32 Å². The first-order valence-electron chi connectivity index (χ1n) is 6.00. The zero-order valence-electron chi connectivity index (χ0n) is 9.72. The molecule has 0 heterocycles. The molecule has 0 saturated heterocycles. The number of rotatable bonds is 3. The third-order valence-corrected chi connectivity index (χ3v) is 3.96. The van der Waals surface area contributed by atoms with Crippen LogP contribution in [0.3, 0.4) is 0 Å². The lowest BCUT2D eigenvalue weighted by molar-refractivity contribution is 0.363. The first kappa shape index (κ1) is 10.2. The summed E-state index contributed by atoms with van der Waals surface area (Å²) in [6.07, 6.45) is 9.86. The topological polar surface area (TPSA) is 12.0 Å². The van der Waals surface area contributed by atoms with E-state index in [2.05, 4.69) is 38.2 Å². The maximum atomic E-state index is 3.79. The first-order chi connectivity index (χ1) is 6.59. The summed E-state index contributed by atoms with van der Waals surface area (Å²) in [5, 5.41) is 3.79. The highest BCUT2D eigenvalue weighted by atomic mass is 15.0. The van der Waals surface area contributed by atoms with Crippen LogP contribution in [0.1, 0.15) is 46.5 Å². The molecule has 0 aliphatic heterocycles. The lowest BCUT2D eigenvalue weighted by Gasteiger charge is -2.25. The minimum atomic E-state index is 0.608. The lowest BCUT2D eigenvalue weighted by Crippen LogP contribution is -2.39. The second-order valence-corrected chi connectivity index (χ2v) is 5.74. The van der Waals surface area contributed by atoms with Crippen LogP contribution in [0.5, 0.6) is 0 Å². The molecule has 0 bridgehead atoms. The zero-order valence-corrected chi connectivity index (χ0v) is 9.72. The molecule has 2 rings (SSSR count). The summed E-state index contributed by atoms with van der Waals surface area (Å²) in [7, 11) is 0. The van der Waals surface area contributed by atoms with Crippen molar-refractivity contribution in [3.63, 3.8) is 0 Å². The molecule has 0 aromatic carbocycles. The van der Waals surface area contributed by atoms with Gasteiger partial charge in [0.15, 0.2) is 0 Å². The molecular formula is C13H23N. The van der Waals surface area contributed by atoms with Gasteiger partial charge < -0.3 is 5.32 Å². The fraction of sp³-hybridized carbons (Fsp3) is 0.846. The van der Waals surface area contributed by atoms with Crippen molar-refractivity contribution in [2.24, 2.45) is 11.3 Å². The molecule has 3 atom stereocenters.